The van der Waals surface area contributed by atoms with Crippen molar-refractivity contribution in [3.63, 3.8) is 0 Å². The number of fused-ring (bicyclic) bond motifs is 2. The van der Waals surface area contributed by atoms with E-state index in [0.29, 0.717) is 61.3 Å². The van der Waals surface area contributed by atoms with E-state index in [9.17, 15) is 19.1 Å². The van der Waals surface area contributed by atoms with Crippen LogP contribution in [0.25, 0.3) is 21.9 Å². The Morgan fingerprint density at radius 3 is 2.61 bits per heavy atom. The Kier molecular flexibility index (Phi) is 9.74. The zero-order valence-electron chi connectivity index (χ0n) is 29.3. The lowest BCUT2D eigenvalue weighted by Crippen LogP contribution is -2.43. The minimum absolute atomic E-state index is 0.0287. The molecule has 2 saturated heterocycles. The van der Waals surface area contributed by atoms with Crippen molar-refractivity contribution in [1.82, 2.24) is 10.2 Å². The maximum absolute atomic E-state index is 15.6. The molecule has 3 fully saturated rings. The Bertz CT molecular complexity index is 1960. The molecule has 0 spiro atoms. The van der Waals surface area contributed by atoms with Crippen molar-refractivity contribution >= 4 is 22.6 Å². The highest BCUT2D eigenvalue weighted by molar-refractivity contribution is 6.02. The normalized spacial score (nSPS) is 22.2. The number of methoxy groups -OCH3 is 2. The number of aryl methyl sites for hydroxylation is 1. The highest BCUT2D eigenvalue weighted by Gasteiger charge is 2.56. The van der Waals surface area contributed by atoms with Gasteiger partial charge in [-0.15, -0.1) is 0 Å². The first-order valence-corrected chi connectivity index (χ1v) is 17.7. The van der Waals surface area contributed by atoms with Crippen LogP contribution in [0.5, 0.6) is 11.5 Å². The molecule has 4 atom stereocenters. The molecule has 1 amide bonds. The second-order valence-corrected chi connectivity index (χ2v) is 14.2. The van der Waals surface area contributed by atoms with Gasteiger partial charge in [0.05, 0.1) is 32.0 Å². The fourth-order valence-corrected chi connectivity index (χ4v) is 8.40. The van der Waals surface area contributed by atoms with Crippen molar-refractivity contribution in [3.8, 4) is 22.6 Å². The molecule has 2 N–H and O–H groups in total. The summed E-state index contributed by atoms with van der Waals surface area (Å²) in [7, 11) is 3.20. The van der Waals surface area contributed by atoms with Gasteiger partial charge >= 0.3 is 5.97 Å². The number of halogens is 2. The van der Waals surface area contributed by atoms with Gasteiger partial charge in [-0.2, -0.15) is 0 Å². The van der Waals surface area contributed by atoms with Gasteiger partial charge in [-0.3, -0.25) is 9.69 Å². The van der Waals surface area contributed by atoms with E-state index in [4.69, 9.17) is 14.2 Å². The number of piperidine rings is 1. The average Bonchev–Trinajstić information content (AvgIpc) is 3.87. The summed E-state index contributed by atoms with van der Waals surface area (Å²) in [6, 6.07) is 17.2. The summed E-state index contributed by atoms with van der Waals surface area (Å²) in [4.78, 5) is 28.2. The van der Waals surface area contributed by atoms with Gasteiger partial charge in [0.1, 0.15) is 29.5 Å². The number of aliphatic carboxylic acids is 1. The number of alkyl halides is 1. The van der Waals surface area contributed by atoms with Gasteiger partial charge < -0.3 is 24.6 Å². The molecule has 8 nitrogen and oxygen atoms in total. The van der Waals surface area contributed by atoms with Gasteiger partial charge in [-0.25, -0.2) is 13.6 Å². The van der Waals surface area contributed by atoms with E-state index in [-0.39, 0.29) is 17.4 Å². The number of hydrogen-bond acceptors (Lipinski definition) is 6. The molecule has 51 heavy (non-hydrogen) atoms. The van der Waals surface area contributed by atoms with Gasteiger partial charge in [0.25, 0.3) is 5.91 Å². The summed E-state index contributed by atoms with van der Waals surface area (Å²) in [6.07, 6.45) is 2.26. The quantitative estimate of drug-likeness (QED) is 0.174. The number of benzene rings is 4. The number of carbonyl (C=O) groups excluding carboxylic acids is 1. The number of rotatable bonds is 11. The lowest BCUT2D eigenvalue weighted by molar-refractivity contribution is -0.139. The first-order valence-electron chi connectivity index (χ1n) is 17.7. The third kappa shape index (κ3) is 6.67. The Labute approximate surface area is 296 Å². The number of nitrogens with one attached hydrogen (secondary N) is 1. The van der Waals surface area contributed by atoms with Gasteiger partial charge in [0.2, 0.25) is 0 Å². The first-order chi connectivity index (χ1) is 24.6. The molecule has 3 aliphatic rings. The second kappa shape index (κ2) is 14.2. The average molecular weight is 699 g/mol. The number of carboxylic acids is 1. The van der Waals surface area contributed by atoms with E-state index in [0.717, 1.165) is 58.8 Å². The maximum atomic E-state index is 15.6. The number of hydrogen-bond donors (Lipinski definition) is 2. The third-order valence-corrected chi connectivity index (χ3v) is 11.1. The standard InChI is InChI=1S/C41H44F2N2O6/c1-24-17-27(41-14-16-51-23-28(41)20-41)19-33(43)36(24)39(46)44-34(40(47)48)18-25-7-4-10-31-30(25)9-5-11-32(31)37-35(49-2)13-12-26(38(37)50-3)21-45-15-6-8-29(42)22-45/h4-5,7,9-13,17,19,28-29,34H,6,8,14-16,18,20-23H2,1-3H3,(H,44,46)(H,47,48)/t28?,29?,34-,41?/m0/s1. The lowest BCUT2D eigenvalue weighted by atomic mass is 9.86. The molecular formula is C41H44F2N2O6. The zero-order valence-corrected chi connectivity index (χ0v) is 29.3. The van der Waals surface area contributed by atoms with Crippen molar-refractivity contribution in [1.29, 1.82) is 0 Å². The molecule has 0 aromatic heterocycles. The van der Waals surface area contributed by atoms with Gasteiger partial charge in [-0.1, -0.05) is 48.5 Å². The Morgan fingerprint density at radius 1 is 1.08 bits per heavy atom. The molecule has 3 unspecified atom stereocenters. The summed E-state index contributed by atoms with van der Waals surface area (Å²) < 4.78 is 47.3. The van der Waals surface area contributed by atoms with Crippen molar-refractivity contribution in [3.05, 3.63) is 94.3 Å². The molecule has 0 radical (unpaired) electrons. The van der Waals surface area contributed by atoms with Crippen LogP contribution in [0.2, 0.25) is 0 Å². The summed E-state index contributed by atoms with van der Waals surface area (Å²) in [6.45, 7) is 4.68. The summed E-state index contributed by atoms with van der Waals surface area (Å²) in [5, 5.41) is 14.5. The third-order valence-electron chi connectivity index (χ3n) is 11.1. The maximum Gasteiger partial charge on any atom is 0.326 e. The Balaban J connectivity index is 1.18. The van der Waals surface area contributed by atoms with Crippen LogP contribution in [0.3, 0.4) is 0 Å². The lowest BCUT2D eigenvalue weighted by Gasteiger charge is -2.30. The predicted octanol–water partition coefficient (Wildman–Crippen LogP) is 7.01. The molecule has 0 bridgehead atoms. The van der Waals surface area contributed by atoms with E-state index in [1.54, 1.807) is 21.1 Å². The van der Waals surface area contributed by atoms with E-state index in [1.165, 1.54) is 6.07 Å². The molecule has 10 heteroatoms. The van der Waals surface area contributed by atoms with Crippen LogP contribution in [0.15, 0.2) is 60.7 Å². The minimum Gasteiger partial charge on any atom is -0.496 e. The topological polar surface area (TPSA) is 97.3 Å². The van der Waals surface area contributed by atoms with Crippen LogP contribution >= 0.6 is 0 Å². The van der Waals surface area contributed by atoms with Crippen LogP contribution < -0.4 is 14.8 Å². The number of likely N-dealkylation sites (tertiary alicyclic amines) is 1. The van der Waals surface area contributed by atoms with Crippen molar-refractivity contribution in [2.75, 3.05) is 40.5 Å². The highest BCUT2D eigenvalue weighted by Crippen LogP contribution is 2.59. The van der Waals surface area contributed by atoms with E-state index >= 15 is 4.39 Å². The number of amides is 1. The van der Waals surface area contributed by atoms with Crippen LogP contribution in [-0.2, 0) is 27.9 Å². The molecule has 1 aliphatic carbocycles. The Hall–Kier alpha value is -4.54. The summed E-state index contributed by atoms with van der Waals surface area (Å²) in [5.41, 5.74) is 4.28. The largest absolute Gasteiger partial charge is 0.496 e. The molecule has 4 aromatic rings. The van der Waals surface area contributed by atoms with Crippen LogP contribution in [0, 0.1) is 18.7 Å². The smallest absolute Gasteiger partial charge is 0.326 e. The van der Waals surface area contributed by atoms with Gasteiger partial charge in [0.15, 0.2) is 0 Å². The second-order valence-electron chi connectivity index (χ2n) is 14.2. The number of nitrogens with zero attached hydrogens (tertiary/aromatic N) is 1. The number of ether oxygens (including phenoxy) is 3. The molecule has 1 saturated carbocycles. The monoisotopic (exact) mass is 698 g/mol. The predicted molar refractivity (Wildman–Crippen MR) is 191 cm³/mol. The molecular weight excluding hydrogens is 654 g/mol. The zero-order chi connectivity index (χ0) is 35.9. The van der Waals surface area contributed by atoms with E-state index in [2.05, 4.69) is 10.2 Å². The van der Waals surface area contributed by atoms with Crippen LogP contribution in [-0.4, -0.2) is 74.6 Å². The molecule has 4 aromatic carbocycles. The number of carbonyl (C=O) groups is 2. The van der Waals surface area contributed by atoms with Gasteiger partial charge in [-0.05, 0) is 90.2 Å². The van der Waals surface area contributed by atoms with E-state index < -0.39 is 29.9 Å². The SMILES string of the molecule is COc1ccc(CN2CCCC(F)C2)c(OC)c1-c1cccc2c(C[C@H](NC(=O)c3c(C)cc(C45CCOCC4C5)cc3F)C(=O)O)cccc12. The first kappa shape index (κ1) is 34.9. The summed E-state index contributed by atoms with van der Waals surface area (Å²) in [5.74, 6) is -1.05. The number of carboxylic acid groups (broad SMARTS) is 1. The minimum atomic E-state index is -1.32. The molecule has 2 aliphatic heterocycles. The van der Waals surface area contributed by atoms with Gasteiger partial charge in [0, 0.05) is 37.1 Å². The fraction of sp³-hybridized carbons (Fsp3) is 0.415. The highest BCUT2D eigenvalue weighted by atomic mass is 19.1. The van der Waals surface area contributed by atoms with Crippen molar-refractivity contribution in [2.45, 2.75) is 63.2 Å². The van der Waals surface area contributed by atoms with E-state index in [1.807, 2.05) is 54.6 Å². The van der Waals surface area contributed by atoms with Crippen molar-refractivity contribution < 1.29 is 37.7 Å². The molecule has 2 heterocycles. The van der Waals surface area contributed by atoms with Crippen molar-refractivity contribution in [2.24, 2.45) is 5.92 Å². The van der Waals surface area contributed by atoms with Crippen LogP contribution in [0.1, 0.15) is 58.3 Å². The Morgan fingerprint density at radius 2 is 1.88 bits per heavy atom. The molecule has 7 rings (SSSR count). The fourth-order valence-electron chi connectivity index (χ4n) is 8.40. The summed E-state index contributed by atoms with van der Waals surface area (Å²) >= 11 is 0. The van der Waals surface area contributed by atoms with Crippen LogP contribution in [0.4, 0.5) is 8.78 Å². The molecule has 268 valence electrons.